The minimum atomic E-state index is -2.44. The van der Waals surface area contributed by atoms with Crippen LogP contribution in [0.4, 0.5) is 22.0 Å². The molecular formula is C12H7F5NO2P. The molecule has 0 bridgehead atoms. The SMILES string of the molecule is N[P@](Oc1ccccc1)Oc1c(F)c(F)c(F)c(F)c1F. The van der Waals surface area contributed by atoms with Crippen LogP contribution >= 0.6 is 8.53 Å². The van der Waals surface area contributed by atoms with Crippen molar-refractivity contribution in [3.63, 3.8) is 0 Å². The summed E-state index contributed by atoms with van der Waals surface area (Å²) in [5.74, 6) is -12.0. The molecule has 112 valence electrons. The van der Waals surface area contributed by atoms with E-state index in [1.165, 1.54) is 12.1 Å². The van der Waals surface area contributed by atoms with Crippen LogP contribution in [0.25, 0.3) is 0 Å². The molecule has 2 rings (SSSR count). The fraction of sp³-hybridized carbons (Fsp3) is 0. The average molecular weight is 323 g/mol. The topological polar surface area (TPSA) is 44.5 Å². The zero-order valence-corrected chi connectivity index (χ0v) is 11.0. The summed E-state index contributed by atoms with van der Waals surface area (Å²) in [6.45, 7) is 0. The van der Waals surface area contributed by atoms with Crippen LogP contribution in [-0.2, 0) is 0 Å². The van der Waals surface area contributed by atoms with Gasteiger partial charge in [-0.1, -0.05) is 18.2 Å². The third-order valence-corrected chi connectivity index (χ3v) is 3.04. The number of hydrogen-bond acceptors (Lipinski definition) is 3. The Labute approximate surface area is 117 Å². The molecule has 0 radical (unpaired) electrons. The van der Waals surface area contributed by atoms with Crippen LogP contribution in [0.15, 0.2) is 30.3 Å². The molecule has 0 aliphatic heterocycles. The van der Waals surface area contributed by atoms with Gasteiger partial charge in [0.15, 0.2) is 0 Å². The summed E-state index contributed by atoms with van der Waals surface area (Å²) in [7, 11) is -2.44. The highest BCUT2D eigenvalue weighted by Gasteiger charge is 2.29. The van der Waals surface area contributed by atoms with E-state index < -0.39 is 43.4 Å². The first kappa shape index (κ1) is 15.5. The number of para-hydroxylation sites is 1. The van der Waals surface area contributed by atoms with E-state index in [-0.39, 0.29) is 5.75 Å². The maximum atomic E-state index is 13.4. The minimum Gasteiger partial charge on any atom is -0.427 e. The van der Waals surface area contributed by atoms with Crippen LogP contribution in [0.5, 0.6) is 11.5 Å². The zero-order chi connectivity index (χ0) is 15.6. The summed E-state index contributed by atoms with van der Waals surface area (Å²) in [5, 5.41) is 0. The van der Waals surface area contributed by atoms with E-state index in [0.717, 1.165) is 0 Å². The summed E-state index contributed by atoms with van der Waals surface area (Å²) in [6, 6.07) is 7.82. The first-order chi connectivity index (χ1) is 9.91. The lowest BCUT2D eigenvalue weighted by Gasteiger charge is -2.15. The maximum absolute atomic E-state index is 13.4. The van der Waals surface area contributed by atoms with Gasteiger partial charge in [-0.15, -0.1) is 0 Å². The maximum Gasteiger partial charge on any atom is 0.378 e. The normalized spacial score (nSPS) is 12.1. The summed E-state index contributed by atoms with van der Waals surface area (Å²) in [5.41, 5.74) is 5.36. The van der Waals surface area contributed by atoms with Crippen molar-refractivity contribution in [2.75, 3.05) is 0 Å². The van der Waals surface area contributed by atoms with Crippen molar-refractivity contribution in [3.8, 4) is 11.5 Å². The summed E-state index contributed by atoms with van der Waals surface area (Å²) in [6.07, 6.45) is 0. The Hall–Kier alpha value is -1.92. The third-order valence-electron chi connectivity index (χ3n) is 2.29. The standard InChI is InChI=1S/C12H7F5NO2P/c13-7-8(14)10(16)12(11(17)9(7)15)20-21(18)19-6-4-2-1-3-5-6/h1-5H,18H2/t21-/m1/s1. The van der Waals surface area contributed by atoms with E-state index in [1.807, 2.05) is 0 Å². The van der Waals surface area contributed by atoms with E-state index in [4.69, 9.17) is 10.0 Å². The lowest BCUT2D eigenvalue weighted by Crippen LogP contribution is -2.09. The van der Waals surface area contributed by atoms with Crippen LogP contribution in [0, 0.1) is 29.1 Å². The van der Waals surface area contributed by atoms with Gasteiger partial charge in [-0.3, -0.25) is 0 Å². The Balaban J connectivity index is 2.24. The van der Waals surface area contributed by atoms with Gasteiger partial charge < -0.3 is 9.05 Å². The highest BCUT2D eigenvalue weighted by atomic mass is 31.2. The van der Waals surface area contributed by atoms with Crippen molar-refractivity contribution in [2.24, 2.45) is 5.50 Å². The molecule has 0 aromatic heterocycles. The molecule has 0 aliphatic rings. The van der Waals surface area contributed by atoms with Crippen LogP contribution in [0.2, 0.25) is 0 Å². The van der Waals surface area contributed by atoms with E-state index in [0.29, 0.717) is 0 Å². The molecule has 0 unspecified atom stereocenters. The van der Waals surface area contributed by atoms with E-state index in [1.54, 1.807) is 18.2 Å². The number of rotatable bonds is 4. The van der Waals surface area contributed by atoms with E-state index in [2.05, 4.69) is 4.52 Å². The van der Waals surface area contributed by atoms with Crippen molar-refractivity contribution in [1.82, 2.24) is 0 Å². The van der Waals surface area contributed by atoms with Gasteiger partial charge >= 0.3 is 8.53 Å². The molecule has 9 heteroatoms. The van der Waals surface area contributed by atoms with Crippen LogP contribution in [-0.4, -0.2) is 0 Å². The zero-order valence-electron chi connectivity index (χ0n) is 10.1. The van der Waals surface area contributed by atoms with Crippen molar-refractivity contribution < 1.29 is 31.0 Å². The fourth-order valence-electron chi connectivity index (χ4n) is 1.36. The van der Waals surface area contributed by atoms with E-state index in [9.17, 15) is 22.0 Å². The second-order valence-electron chi connectivity index (χ2n) is 3.68. The average Bonchev–Trinajstić information content (AvgIpc) is 2.48. The fourth-order valence-corrected chi connectivity index (χ4v) is 2.07. The van der Waals surface area contributed by atoms with E-state index >= 15 is 0 Å². The molecule has 2 aromatic carbocycles. The second-order valence-corrected chi connectivity index (χ2v) is 4.62. The molecule has 21 heavy (non-hydrogen) atoms. The number of benzene rings is 2. The summed E-state index contributed by atoms with van der Waals surface area (Å²) in [4.78, 5) is 0. The van der Waals surface area contributed by atoms with Crippen molar-refractivity contribution in [2.45, 2.75) is 0 Å². The van der Waals surface area contributed by atoms with Gasteiger partial charge in [0.1, 0.15) is 5.75 Å². The van der Waals surface area contributed by atoms with Gasteiger partial charge in [0.05, 0.1) is 0 Å². The third kappa shape index (κ3) is 3.22. The Morgan fingerprint density at radius 3 is 1.71 bits per heavy atom. The molecule has 0 saturated carbocycles. The Morgan fingerprint density at radius 1 is 0.714 bits per heavy atom. The number of halogens is 5. The Kier molecular flexibility index (Phi) is 4.59. The first-order valence-electron chi connectivity index (χ1n) is 5.39. The molecule has 0 fully saturated rings. The van der Waals surface area contributed by atoms with Gasteiger partial charge in [0.25, 0.3) is 0 Å². The van der Waals surface area contributed by atoms with Gasteiger partial charge in [-0.25, -0.2) is 18.7 Å². The number of nitrogens with two attached hydrogens (primary N) is 1. The van der Waals surface area contributed by atoms with Crippen molar-refractivity contribution in [1.29, 1.82) is 0 Å². The predicted octanol–water partition coefficient (Wildman–Crippen LogP) is 4.03. The smallest absolute Gasteiger partial charge is 0.378 e. The molecule has 1 atom stereocenters. The second kappa shape index (κ2) is 6.24. The molecule has 3 nitrogen and oxygen atoms in total. The quantitative estimate of drug-likeness (QED) is 0.400. The van der Waals surface area contributed by atoms with Gasteiger partial charge in [-0.2, -0.15) is 8.78 Å². The highest BCUT2D eigenvalue weighted by Crippen LogP contribution is 2.38. The van der Waals surface area contributed by atoms with Crippen LogP contribution in [0.1, 0.15) is 0 Å². The monoisotopic (exact) mass is 323 g/mol. The van der Waals surface area contributed by atoms with Crippen molar-refractivity contribution in [3.05, 3.63) is 59.4 Å². The lowest BCUT2D eigenvalue weighted by atomic mass is 10.3. The Morgan fingerprint density at radius 2 is 1.19 bits per heavy atom. The molecule has 2 aromatic rings. The van der Waals surface area contributed by atoms with Gasteiger partial charge in [0, 0.05) is 0 Å². The van der Waals surface area contributed by atoms with Crippen LogP contribution in [0.3, 0.4) is 0 Å². The minimum absolute atomic E-state index is 0.218. The molecule has 2 N–H and O–H groups in total. The largest absolute Gasteiger partial charge is 0.427 e. The first-order valence-corrected chi connectivity index (χ1v) is 6.63. The molecule has 0 heterocycles. The van der Waals surface area contributed by atoms with Crippen LogP contribution < -0.4 is 14.6 Å². The van der Waals surface area contributed by atoms with Gasteiger partial charge in [-0.05, 0) is 12.1 Å². The van der Waals surface area contributed by atoms with Gasteiger partial charge in [0.2, 0.25) is 34.8 Å². The lowest BCUT2D eigenvalue weighted by molar-refractivity contribution is 0.346. The molecule has 0 saturated heterocycles. The highest BCUT2D eigenvalue weighted by molar-refractivity contribution is 7.45. The summed E-state index contributed by atoms with van der Waals surface area (Å²) < 4.78 is 75.0. The predicted molar refractivity (Wildman–Crippen MR) is 65.0 cm³/mol. The van der Waals surface area contributed by atoms with Crippen molar-refractivity contribution >= 4 is 8.53 Å². The molecular weight excluding hydrogens is 316 g/mol. The summed E-state index contributed by atoms with van der Waals surface area (Å²) >= 11 is 0. The Bertz CT molecular complexity index is 627. The molecule has 0 spiro atoms. The molecule has 0 aliphatic carbocycles. The number of hydrogen-bond donors (Lipinski definition) is 1. The molecule has 0 amide bonds.